The third-order valence-corrected chi connectivity index (χ3v) is 3.31. The predicted molar refractivity (Wildman–Crippen MR) is 73.6 cm³/mol. The first-order valence-electron chi connectivity index (χ1n) is 6.85. The molecule has 0 radical (unpaired) electrons. The highest BCUT2D eigenvalue weighted by molar-refractivity contribution is 5.47. The molecular weight excluding hydrogens is 226 g/mol. The standard InChI is InChI=1S/C14H23N3O/c1-2-8-18-14-4-3-7-17(11-14)13-5-6-16-12(9-13)10-15/h5-6,9,14H,2-4,7-8,10-11,15H2,1H3. The first-order valence-corrected chi connectivity index (χ1v) is 6.85. The molecule has 18 heavy (non-hydrogen) atoms. The van der Waals surface area contributed by atoms with E-state index in [1.54, 1.807) is 0 Å². The molecule has 1 unspecified atom stereocenters. The van der Waals surface area contributed by atoms with Crippen molar-refractivity contribution in [3.05, 3.63) is 24.0 Å². The maximum atomic E-state index is 5.86. The summed E-state index contributed by atoms with van der Waals surface area (Å²) >= 11 is 0. The average molecular weight is 249 g/mol. The van der Waals surface area contributed by atoms with Crippen molar-refractivity contribution in [2.45, 2.75) is 38.8 Å². The van der Waals surface area contributed by atoms with Crippen LogP contribution in [0.5, 0.6) is 0 Å². The minimum atomic E-state index is 0.369. The summed E-state index contributed by atoms with van der Waals surface area (Å²) in [6.45, 7) is 5.59. The average Bonchev–Trinajstić information content (AvgIpc) is 2.45. The molecule has 1 fully saturated rings. The zero-order valence-corrected chi connectivity index (χ0v) is 11.1. The fourth-order valence-corrected chi connectivity index (χ4v) is 2.37. The highest BCUT2D eigenvalue weighted by atomic mass is 16.5. The summed E-state index contributed by atoms with van der Waals surface area (Å²) in [6.07, 6.45) is 5.66. The molecule has 1 aromatic heterocycles. The van der Waals surface area contributed by atoms with E-state index >= 15 is 0 Å². The lowest BCUT2D eigenvalue weighted by molar-refractivity contribution is 0.0440. The van der Waals surface area contributed by atoms with Gasteiger partial charge >= 0.3 is 0 Å². The number of hydrogen-bond donors (Lipinski definition) is 1. The molecule has 1 aliphatic rings. The van der Waals surface area contributed by atoms with Gasteiger partial charge in [0.1, 0.15) is 0 Å². The van der Waals surface area contributed by atoms with Gasteiger partial charge in [-0.15, -0.1) is 0 Å². The second-order valence-corrected chi connectivity index (χ2v) is 4.79. The quantitative estimate of drug-likeness (QED) is 0.866. The van der Waals surface area contributed by atoms with Crippen LogP contribution in [-0.4, -0.2) is 30.8 Å². The molecule has 2 heterocycles. The van der Waals surface area contributed by atoms with Crippen LogP contribution < -0.4 is 10.6 Å². The molecule has 0 aliphatic carbocycles. The summed E-state index contributed by atoms with van der Waals surface area (Å²) in [4.78, 5) is 6.62. The molecule has 2 rings (SSSR count). The normalized spacial score (nSPS) is 20.1. The van der Waals surface area contributed by atoms with Crippen LogP contribution >= 0.6 is 0 Å². The monoisotopic (exact) mass is 249 g/mol. The maximum absolute atomic E-state index is 5.86. The molecule has 1 atom stereocenters. The minimum absolute atomic E-state index is 0.369. The molecule has 0 aromatic carbocycles. The Bertz CT molecular complexity index is 370. The van der Waals surface area contributed by atoms with E-state index in [-0.39, 0.29) is 0 Å². The van der Waals surface area contributed by atoms with Gasteiger partial charge in [-0.2, -0.15) is 0 Å². The highest BCUT2D eigenvalue weighted by Gasteiger charge is 2.20. The number of ether oxygens (including phenoxy) is 1. The van der Waals surface area contributed by atoms with Gasteiger partial charge < -0.3 is 15.4 Å². The van der Waals surface area contributed by atoms with Crippen LogP contribution in [0.4, 0.5) is 5.69 Å². The van der Waals surface area contributed by atoms with Crippen molar-refractivity contribution in [1.29, 1.82) is 0 Å². The zero-order chi connectivity index (χ0) is 12.8. The molecule has 4 nitrogen and oxygen atoms in total. The van der Waals surface area contributed by atoms with Crippen LogP contribution in [0.25, 0.3) is 0 Å². The van der Waals surface area contributed by atoms with Crippen LogP contribution in [0, 0.1) is 0 Å². The summed E-state index contributed by atoms with van der Waals surface area (Å²) in [7, 11) is 0. The molecule has 0 spiro atoms. The van der Waals surface area contributed by atoms with E-state index in [4.69, 9.17) is 10.5 Å². The second kappa shape index (κ2) is 6.71. The Morgan fingerprint density at radius 2 is 2.44 bits per heavy atom. The highest BCUT2D eigenvalue weighted by Crippen LogP contribution is 2.21. The number of aromatic nitrogens is 1. The maximum Gasteiger partial charge on any atom is 0.0750 e. The predicted octanol–water partition coefficient (Wildman–Crippen LogP) is 1.94. The van der Waals surface area contributed by atoms with Crippen LogP contribution in [0.3, 0.4) is 0 Å². The summed E-state index contributed by atoms with van der Waals surface area (Å²) in [5.41, 5.74) is 7.80. The van der Waals surface area contributed by atoms with E-state index in [1.165, 1.54) is 18.5 Å². The molecule has 0 bridgehead atoms. The van der Waals surface area contributed by atoms with Gasteiger partial charge in [0, 0.05) is 38.1 Å². The van der Waals surface area contributed by atoms with Gasteiger partial charge in [0.2, 0.25) is 0 Å². The van der Waals surface area contributed by atoms with E-state index in [9.17, 15) is 0 Å². The Morgan fingerprint density at radius 3 is 3.22 bits per heavy atom. The van der Waals surface area contributed by atoms with E-state index in [1.807, 2.05) is 6.20 Å². The minimum Gasteiger partial charge on any atom is -0.376 e. The molecule has 1 aromatic rings. The SMILES string of the molecule is CCCOC1CCCN(c2ccnc(CN)c2)C1. The third-order valence-electron chi connectivity index (χ3n) is 3.31. The van der Waals surface area contributed by atoms with Gasteiger partial charge in [-0.25, -0.2) is 0 Å². The second-order valence-electron chi connectivity index (χ2n) is 4.79. The van der Waals surface area contributed by atoms with Gasteiger partial charge in [0.05, 0.1) is 11.8 Å². The van der Waals surface area contributed by atoms with Crippen molar-refractivity contribution in [2.24, 2.45) is 5.73 Å². The fraction of sp³-hybridized carbons (Fsp3) is 0.643. The van der Waals surface area contributed by atoms with Gasteiger partial charge in [0.25, 0.3) is 0 Å². The van der Waals surface area contributed by atoms with Crippen LogP contribution in [0.15, 0.2) is 18.3 Å². The van der Waals surface area contributed by atoms with Crippen molar-refractivity contribution in [3.8, 4) is 0 Å². The molecular formula is C14H23N3O. The number of piperidine rings is 1. The topological polar surface area (TPSA) is 51.4 Å². The summed E-state index contributed by atoms with van der Waals surface area (Å²) in [5.74, 6) is 0. The molecule has 2 N–H and O–H groups in total. The van der Waals surface area contributed by atoms with E-state index in [2.05, 4.69) is 28.9 Å². The number of rotatable bonds is 5. The number of hydrogen-bond acceptors (Lipinski definition) is 4. The van der Waals surface area contributed by atoms with Crippen LogP contribution in [-0.2, 0) is 11.3 Å². The van der Waals surface area contributed by atoms with Crippen molar-refractivity contribution < 1.29 is 4.74 Å². The van der Waals surface area contributed by atoms with Crippen LogP contribution in [0.1, 0.15) is 31.9 Å². The van der Waals surface area contributed by atoms with E-state index in [0.717, 1.165) is 31.8 Å². The molecule has 1 saturated heterocycles. The number of anilines is 1. The lowest BCUT2D eigenvalue weighted by Crippen LogP contribution is -2.39. The molecule has 100 valence electrons. The number of nitrogens with two attached hydrogens (primary N) is 1. The van der Waals surface area contributed by atoms with Crippen molar-refractivity contribution in [2.75, 3.05) is 24.6 Å². The van der Waals surface area contributed by atoms with Crippen molar-refractivity contribution >= 4 is 5.69 Å². The number of nitrogens with zero attached hydrogens (tertiary/aromatic N) is 2. The Morgan fingerprint density at radius 1 is 1.56 bits per heavy atom. The van der Waals surface area contributed by atoms with Crippen molar-refractivity contribution in [1.82, 2.24) is 4.98 Å². The summed E-state index contributed by atoms with van der Waals surface area (Å²) in [5, 5.41) is 0. The van der Waals surface area contributed by atoms with Gasteiger partial charge in [-0.1, -0.05) is 6.92 Å². The third kappa shape index (κ3) is 3.43. The Kier molecular flexibility index (Phi) is 4.96. The van der Waals surface area contributed by atoms with Crippen molar-refractivity contribution in [3.63, 3.8) is 0 Å². The Hall–Kier alpha value is -1.13. The lowest BCUT2D eigenvalue weighted by Gasteiger charge is -2.34. The van der Waals surface area contributed by atoms with E-state index in [0.29, 0.717) is 12.6 Å². The molecule has 0 saturated carbocycles. The summed E-state index contributed by atoms with van der Waals surface area (Å²) in [6, 6.07) is 4.14. The molecule has 4 heteroatoms. The largest absolute Gasteiger partial charge is 0.376 e. The van der Waals surface area contributed by atoms with Crippen LogP contribution in [0.2, 0.25) is 0 Å². The van der Waals surface area contributed by atoms with Gasteiger partial charge in [-0.05, 0) is 31.4 Å². The molecule has 0 amide bonds. The first-order chi connectivity index (χ1) is 8.83. The zero-order valence-electron chi connectivity index (χ0n) is 11.1. The lowest BCUT2D eigenvalue weighted by atomic mass is 10.1. The smallest absolute Gasteiger partial charge is 0.0750 e. The summed E-state index contributed by atoms with van der Waals surface area (Å²) < 4.78 is 5.86. The Labute approximate surface area is 109 Å². The first kappa shape index (κ1) is 13.3. The molecule has 1 aliphatic heterocycles. The fourth-order valence-electron chi connectivity index (χ4n) is 2.37. The van der Waals surface area contributed by atoms with E-state index < -0.39 is 0 Å². The number of pyridine rings is 1. The van der Waals surface area contributed by atoms with Gasteiger partial charge in [-0.3, -0.25) is 4.98 Å². The van der Waals surface area contributed by atoms with Gasteiger partial charge in [0.15, 0.2) is 0 Å². The Balaban J connectivity index is 1.98.